The monoisotopic (exact) mass is 158 g/mol. The topological polar surface area (TPSA) is 0 Å². The third kappa shape index (κ3) is 1.31. The van der Waals surface area contributed by atoms with Gasteiger partial charge in [0.25, 0.3) is 0 Å². The molecular weight excluding hydrogens is 144 g/mol. The lowest BCUT2D eigenvalue weighted by Gasteiger charge is -2.24. The summed E-state index contributed by atoms with van der Waals surface area (Å²) in [6, 6.07) is 0. The molecule has 2 unspecified atom stereocenters. The Balaban J connectivity index is 2.29. The maximum Gasteiger partial charge on any atom is 0.00259 e. The Bertz CT molecular complexity index is 274. The average Bonchev–Trinajstić information content (AvgIpc) is 2.17. The first-order chi connectivity index (χ1) is 5.90. The summed E-state index contributed by atoms with van der Waals surface area (Å²) in [7, 11) is 0. The average molecular weight is 158 g/mol. The summed E-state index contributed by atoms with van der Waals surface area (Å²) in [6.07, 6.45) is 12.4. The number of hydrogen-bond donors (Lipinski definition) is 0. The van der Waals surface area contributed by atoms with Gasteiger partial charge in [0.2, 0.25) is 0 Å². The maximum absolute atomic E-state index is 3.82. The Morgan fingerprint density at radius 2 is 2.50 bits per heavy atom. The van der Waals surface area contributed by atoms with Crippen molar-refractivity contribution in [2.24, 2.45) is 11.8 Å². The Morgan fingerprint density at radius 3 is 3.33 bits per heavy atom. The molecule has 0 heteroatoms. The molecule has 0 spiro atoms. The second-order valence-electron chi connectivity index (χ2n) is 3.58. The van der Waals surface area contributed by atoms with Gasteiger partial charge in [-0.15, -0.1) is 12.3 Å². The highest BCUT2D eigenvalue weighted by molar-refractivity contribution is 5.27. The molecule has 0 radical (unpaired) electrons. The van der Waals surface area contributed by atoms with Crippen LogP contribution >= 0.6 is 0 Å². The highest BCUT2D eigenvalue weighted by Crippen LogP contribution is 2.32. The van der Waals surface area contributed by atoms with Crippen LogP contribution in [0.4, 0.5) is 0 Å². The van der Waals surface area contributed by atoms with Crippen molar-refractivity contribution in [3.8, 4) is 0 Å². The largest absolute Gasteiger partial charge is 0.121 e. The van der Waals surface area contributed by atoms with Crippen LogP contribution in [0.3, 0.4) is 0 Å². The molecule has 12 heavy (non-hydrogen) atoms. The smallest absolute Gasteiger partial charge is 0.00259 e. The predicted octanol–water partition coefficient (Wildman–Crippen LogP) is 3.24. The number of allylic oxidation sites excluding steroid dienone is 4. The fourth-order valence-corrected chi connectivity index (χ4v) is 1.97. The zero-order valence-electron chi connectivity index (χ0n) is 7.29. The third-order valence-corrected chi connectivity index (χ3v) is 2.74. The summed E-state index contributed by atoms with van der Waals surface area (Å²) in [6.45, 7) is 3.82. The molecule has 0 fully saturated rings. The first-order valence-corrected chi connectivity index (χ1v) is 4.66. The van der Waals surface area contributed by atoms with Gasteiger partial charge in [0.05, 0.1) is 0 Å². The van der Waals surface area contributed by atoms with Gasteiger partial charge in [-0.2, -0.15) is 0 Å². The van der Waals surface area contributed by atoms with Crippen molar-refractivity contribution >= 4 is 0 Å². The number of hydrogen-bond acceptors (Lipinski definition) is 0. The minimum atomic E-state index is 0.560. The van der Waals surface area contributed by atoms with E-state index in [2.05, 4.69) is 30.5 Å². The molecule has 2 aliphatic rings. The molecule has 0 nitrogen and oxygen atoms in total. The minimum absolute atomic E-state index is 0.560. The van der Waals surface area contributed by atoms with E-state index in [0.29, 0.717) is 5.92 Å². The van der Waals surface area contributed by atoms with Crippen LogP contribution in [0.1, 0.15) is 19.3 Å². The Kier molecular flexibility index (Phi) is 2.01. The summed E-state index contributed by atoms with van der Waals surface area (Å²) >= 11 is 0. The SMILES string of the molecule is C=CC1C=C=C2C=CCCC2C1. The summed E-state index contributed by atoms with van der Waals surface area (Å²) in [4.78, 5) is 0. The first kappa shape index (κ1) is 7.64. The standard InChI is InChI=1S/C12H14/c1-2-10-7-8-11-5-3-4-6-12(11)9-10/h2-3,5,7,10,12H,1,4,6,9H2. The molecule has 0 aromatic rings. The summed E-state index contributed by atoms with van der Waals surface area (Å²) in [5.74, 6) is 1.31. The molecule has 0 aliphatic heterocycles. The van der Waals surface area contributed by atoms with Gasteiger partial charge in [-0.25, -0.2) is 0 Å². The van der Waals surface area contributed by atoms with Crippen molar-refractivity contribution in [3.05, 3.63) is 42.2 Å². The van der Waals surface area contributed by atoms with Gasteiger partial charge in [-0.3, -0.25) is 0 Å². The van der Waals surface area contributed by atoms with E-state index in [4.69, 9.17) is 0 Å². The minimum Gasteiger partial charge on any atom is -0.121 e. The Labute approximate surface area is 74.0 Å². The highest BCUT2D eigenvalue weighted by atomic mass is 14.2. The van der Waals surface area contributed by atoms with E-state index in [1.54, 1.807) is 0 Å². The van der Waals surface area contributed by atoms with E-state index in [0.717, 1.165) is 5.92 Å². The maximum atomic E-state index is 3.82. The summed E-state index contributed by atoms with van der Waals surface area (Å²) in [5, 5.41) is 0. The van der Waals surface area contributed by atoms with Gasteiger partial charge >= 0.3 is 0 Å². The van der Waals surface area contributed by atoms with Crippen LogP contribution in [-0.2, 0) is 0 Å². The van der Waals surface area contributed by atoms with Crippen LogP contribution < -0.4 is 0 Å². The lowest BCUT2D eigenvalue weighted by atomic mass is 9.80. The van der Waals surface area contributed by atoms with Crippen molar-refractivity contribution in [1.82, 2.24) is 0 Å². The molecule has 62 valence electrons. The molecule has 0 bridgehead atoms. The van der Waals surface area contributed by atoms with E-state index < -0.39 is 0 Å². The lowest BCUT2D eigenvalue weighted by Crippen LogP contribution is -2.12. The van der Waals surface area contributed by atoms with Gasteiger partial charge in [-0.1, -0.05) is 18.2 Å². The van der Waals surface area contributed by atoms with Crippen molar-refractivity contribution in [3.63, 3.8) is 0 Å². The van der Waals surface area contributed by atoms with Crippen molar-refractivity contribution < 1.29 is 0 Å². The van der Waals surface area contributed by atoms with E-state index in [-0.39, 0.29) is 0 Å². The van der Waals surface area contributed by atoms with Crippen molar-refractivity contribution in [1.29, 1.82) is 0 Å². The normalized spacial score (nSPS) is 32.5. The fourth-order valence-electron chi connectivity index (χ4n) is 1.97. The van der Waals surface area contributed by atoms with Crippen LogP contribution in [0, 0.1) is 11.8 Å². The molecule has 0 amide bonds. The molecule has 2 rings (SSSR count). The van der Waals surface area contributed by atoms with E-state index in [9.17, 15) is 0 Å². The van der Waals surface area contributed by atoms with Gasteiger partial charge in [0, 0.05) is 5.92 Å². The predicted molar refractivity (Wildman–Crippen MR) is 51.8 cm³/mol. The van der Waals surface area contributed by atoms with Crippen molar-refractivity contribution in [2.75, 3.05) is 0 Å². The summed E-state index contributed by atoms with van der Waals surface area (Å²) < 4.78 is 0. The third-order valence-electron chi connectivity index (χ3n) is 2.74. The van der Waals surface area contributed by atoms with E-state index >= 15 is 0 Å². The molecule has 2 aliphatic carbocycles. The molecule has 0 aromatic carbocycles. The number of fused-ring (bicyclic) bond motifs is 1. The second kappa shape index (κ2) is 3.16. The second-order valence-corrected chi connectivity index (χ2v) is 3.58. The van der Waals surface area contributed by atoms with Crippen LogP contribution in [0.2, 0.25) is 0 Å². The molecule has 0 saturated carbocycles. The van der Waals surface area contributed by atoms with Crippen LogP contribution in [-0.4, -0.2) is 0 Å². The van der Waals surface area contributed by atoms with E-state index in [1.165, 1.54) is 24.8 Å². The fraction of sp³-hybridized carbons (Fsp3) is 0.417. The summed E-state index contributed by atoms with van der Waals surface area (Å²) in [5.41, 5.74) is 4.76. The van der Waals surface area contributed by atoms with E-state index in [1.807, 2.05) is 6.08 Å². The Morgan fingerprint density at radius 1 is 1.58 bits per heavy atom. The zero-order chi connectivity index (χ0) is 8.39. The molecule has 0 heterocycles. The quantitative estimate of drug-likeness (QED) is 0.406. The Hall–Kier alpha value is -1.00. The molecule has 0 N–H and O–H groups in total. The van der Waals surface area contributed by atoms with Crippen molar-refractivity contribution in [2.45, 2.75) is 19.3 Å². The van der Waals surface area contributed by atoms with Crippen LogP contribution in [0.25, 0.3) is 0 Å². The molecule has 0 saturated heterocycles. The van der Waals surface area contributed by atoms with Gasteiger partial charge < -0.3 is 0 Å². The highest BCUT2D eigenvalue weighted by Gasteiger charge is 2.20. The zero-order valence-corrected chi connectivity index (χ0v) is 7.29. The van der Waals surface area contributed by atoms with Gasteiger partial charge in [0.15, 0.2) is 0 Å². The van der Waals surface area contributed by atoms with Gasteiger partial charge in [-0.05, 0) is 36.8 Å². The number of rotatable bonds is 1. The molecular formula is C12H14. The van der Waals surface area contributed by atoms with Crippen LogP contribution in [0.5, 0.6) is 0 Å². The lowest BCUT2D eigenvalue weighted by molar-refractivity contribution is 0.474. The van der Waals surface area contributed by atoms with Gasteiger partial charge in [0.1, 0.15) is 0 Å². The molecule has 0 aromatic heterocycles. The first-order valence-electron chi connectivity index (χ1n) is 4.66. The molecule has 2 atom stereocenters. The van der Waals surface area contributed by atoms with Crippen LogP contribution in [0.15, 0.2) is 42.2 Å².